The van der Waals surface area contributed by atoms with Crippen molar-refractivity contribution in [2.24, 2.45) is 5.84 Å². The lowest BCUT2D eigenvalue weighted by atomic mass is 10.3. The summed E-state index contributed by atoms with van der Waals surface area (Å²) < 4.78 is -0.848. The fourth-order valence-corrected chi connectivity index (χ4v) is 2.14. The molecule has 11 heavy (non-hydrogen) atoms. The largest absolute Gasteiger partial charge is 0.602 e. The third kappa shape index (κ3) is 1.04. The van der Waals surface area contributed by atoms with Gasteiger partial charge in [0.1, 0.15) is 6.20 Å². The molecule has 0 saturated heterocycles. The quantitative estimate of drug-likeness (QED) is 0.336. The molecule has 0 radical (unpaired) electrons. The van der Waals surface area contributed by atoms with Gasteiger partial charge in [0, 0.05) is 5.75 Å². The van der Waals surface area contributed by atoms with E-state index in [0.29, 0.717) is 5.70 Å². The number of hydroxylamine groups is 2. The number of thioether (sulfide) groups is 1. The third-order valence-corrected chi connectivity index (χ3v) is 2.69. The minimum Gasteiger partial charge on any atom is -0.602 e. The van der Waals surface area contributed by atoms with Gasteiger partial charge in [-0.05, 0) is 18.2 Å². The molecule has 1 atom stereocenters. The molecule has 0 saturated carbocycles. The smallest absolute Gasteiger partial charge is 0.167 e. The topological polar surface area (TPSA) is 49.1 Å². The third-order valence-electron chi connectivity index (χ3n) is 1.70. The molecule has 58 valence electrons. The number of hydrogen-bond donors (Lipinski definition) is 1. The van der Waals surface area contributed by atoms with Crippen LogP contribution >= 0.6 is 11.8 Å². The molecule has 0 aromatic rings. The minimum absolute atomic E-state index is 0.678. The van der Waals surface area contributed by atoms with Gasteiger partial charge in [-0.1, -0.05) is 0 Å². The second kappa shape index (κ2) is 2.22. The number of allylic oxidation sites excluding steroid dienone is 2. The molecule has 0 spiro atoms. The average molecular weight is 168 g/mol. The van der Waals surface area contributed by atoms with Crippen LogP contribution in [0.25, 0.3) is 0 Å². The van der Waals surface area contributed by atoms with Crippen molar-refractivity contribution in [3.05, 3.63) is 40.2 Å². The van der Waals surface area contributed by atoms with E-state index in [1.165, 1.54) is 6.20 Å². The highest BCUT2D eigenvalue weighted by Crippen LogP contribution is 2.37. The van der Waals surface area contributed by atoms with Gasteiger partial charge >= 0.3 is 0 Å². The first-order valence-electron chi connectivity index (χ1n) is 3.32. The van der Waals surface area contributed by atoms with E-state index in [0.717, 1.165) is 10.7 Å². The maximum absolute atomic E-state index is 11.4. The van der Waals surface area contributed by atoms with E-state index in [1.54, 1.807) is 17.8 Å². The van der Waals surface area contributed by atoms with Crippen molar-refractivity contribution in [2.45, 2.75) is 0 Å². The van der Waals surface area contributed by atoms with Gasteiger partial charge in [0.2, 0.25) is 0 Å². The number of quaternary nitrogens is 1. The van der Waals surface area contributed by atoms with Crippen molar-refractivity contribution < 1.29 is 4.76 Å². The summed E-state index contributed by atoms with van der Waals surface area (Å²) in [5.74, 6) is 6.30. The van der Waals surface area contributed by atoms with E-state index in [4.69, 9.17) is 5.84 Å². The molecule has 2 heterocycles. The van der Waals surface area contributed by atoms with Crippen LogP contribution < -0.4 is 5.84 Å². The Morgan fingerprint density at radius 2 is 2.45 bits per heavy atom. The summed E-state index contributed by atoms with van der Waals surface area (Å²) >= 11 is 1.65. The lowest BCUT2D eigenvalue weighted by Gasteiger charge is -2.34. The van der Waals surface area contributed by atoms with Crippen LogP contribution in [0, 0.1) is 5.21 Å². The zero-order valence-corrected chi connectivity index (χ0v) is 6.67. The molecule has 2 rings (SSSR count). The fourth-order valence-electron chi connectivity index (χ4n) is 1.17. The molecule has 1 unspecified atom stereocenters. The summed E-state index contributed by atoms with van der Waals surface area (Å²) in [6.07, 6.45) is 6.94. The van der Waals surface area contributed by atoms with Crippen molar-refractivity contribution in [2.75, 3.05) is 5.75 Å². The van der Waals surface area contributed by atoms with Gasteiger partial charge < -0.3 is 5.21 Å². The van der Waals surface area contributed by atoms with Crippen molar-refractivity contribution in [1.82, 2.24) is 0 Å². The van der Waals surface area contributed by atoms with Crippen LogP contribution in [-0.4, -0.2) is 10.5 Å². The molecule has 2 N–H and O–H groups in total. The number of hydrogen-bond acceptors (Lipinski definition) is 3. The van der Waals surface area contributed by atoms with E-state index in [1.807, 2.05) is 12.2 Å². The zero-order valence-electron chi connectivity index (χ0n) is 5.86. The molecule has 3 nitrogen and oxygen atoms in total. The molecule has 0 fully saturated rings. The van der Waals surface area contributed by atoms with E-state index >= 15 is 0 Å². The van der Waals surface area contributed by atoms with Crippen molar-refractivity contribution in [3.8, 4) is 0 Å². The summed E-state index contributed by atoms with van der Waals surface area (Å²) in [6, 6.07) is 0. The van der Waals surface area contributed by atoms with Crippen LogP contribution in [0.15, 0.2) is 35.0 Å². The van der Waals surface area contributed by atoms with Crippen molar-refractivity contribution in [3.63, 3.8) is 0 Å². The molecule has 4 heteroatoms. The van der Waals surface area contributed by atoms with Crippen LogP contribution in [0.1, 0.15) is 0 Å². The predicted octanol–water partition coefficient (Wildman–Crippen LogP) is 1.22. The Kier molecular flexibility index (Phi) is 1.43. The Labute approximate surface area is 69.0 Å². The first-order chi connectivity index (χ1) is 5.20. The molecule has 0 aromatic heterocycles. The average Bonchev–Trinajstić information content (AvgIpc) is 2.34. The Hall–Kier alpha value is -0.550. The summed E-state index contributed by atoms with van der Waals surface area (Å²) in [4.78, 5) is 1.00. The second-order valence-corrected chi connectivity index (χ2v) is 3.54. The molecular formula is C7H8N2OS. The highest BCUT2D eigenvalue weighted by atomic mass is 32.2. The van der Waals surface area contributed by atoms with Gasteiger partial charge in [0.25, 0.3) is 0 Å². The van der Waals surface area contributed by atoms with Crippen molar-refractivity contribution in [1.29, 1.82) is 0 Å². The van der Waals surface area contributed by atoms with Crippen molar-refractivity contribution >= 4 is 11.8 Å². The van der Waals surface area contributed by atoms with E-state index in [2.05, 4.69) is 0 Å². The number of fused-ring (bicyclic) bond motifs is 1. The lowest BCUT2D eigenvalue weighted by molar-refractivity contribution is -0.799. The number of nitrogens with zero attached hydrogens (tertiary/aromatic N) is 1. The standard InChI is InChI=1S/C7H8N2OS/c8-9(10)4-1-2-7-6(9)3-5-11-7/h1-4H,5,8H2. The fraction of sp³-hybridized carbons (Fsp3) is 0.143. The highest BCUT2D eigenvalue weighted by Gasteiger charge is 2.27. The van der Waals surface area contributed by atoms with E-state index in [9.17, 15) is 5.21 Å². The Bertz CT molecular complexity index is 278. The van der Waals surface area contributed by atoms with Crippen LogP contribution in [0.2, 0.25) is 0 Å². The van der Waals surface area contributed by atoms with Gasteiger partial charge in [0.05, 0.1) is 4.91 Å². The Balaban J connectivity index is 2.46. The SMILES string of the molecule is N[N+]1([O-])C=CC=C2SCC=C21. The molecule has 2 aliphatic heterocycles. The van der Waals surface area contributed by atoms with Gasteiger partial charge in [-0.15, -0.1) is 11.8 Å². The van der Waals surface area contributed by atoms with Crippen LogP contribution in [0.4, 0.5) is 0 Å². The summed E-state index contributed by atoms with van der Waals surface area (Å²) in [6.45, 7) is 0. The molecule has 0 aromatic carbocycles. The molecule has 2 aliphatic rings. The van der Waals surface area contributed by atoms with Gasteiger partial charge in [-0.25, -0.2) is 4.76 Å². The first-order valence-corrected chi connectivity index (χ1v) is 4.30. The van der Waals surface area contributed by atoms with E-state index < -0.39 is 4.76 Å². The zero-order chi connectivity index (χ0) is 7.90. The first kappa shape index (κ1) is 7.12. The monoisotopic (exact) mass is 168 g/mol. The number of rotatable bonds is 0. The summed E-state index contributed by atoms with van der Waals surface area (Å²) in [7, 11) is 0. The summed E-state index contributed by atoms with van der Waals surface area (Å²) in [5.41, 5.74) is 0.678. The highest BCUT2D eigenvalue weighted by molar-refractivity contribution is 8.03. The normalized spacial score (nSPS) is 34.7. The van der Waals surface area contributed by atoms with Gasteiger partial charge in [-0.3, -0.25) is 0 Å². The molecular weight excluding hydrogens is 160 g/mol. The van der Waals surface area contributed by atoms with Crippen LogP contribution in [0.5, 0.6) is 0 Å². The maximum atomic E-state index is 11.4. The predicted molar refractivity (Wildman–Crippen MR) is 45.6 cm³/mol. The maximum Gasteiger partial charge on any atom is 0.167 e. The van der Waals surface area contributed by atoms with Crippen LogP contribution in [0.3, 0.4) is 0 Å². The molecule has 0 bridgehead atoms. The van der Waals surface area contributed by atoms with E-state index in [-0.39, 0.29) is 0 Å². The Morgan fingerprint density at radius 3 is 3.18 bits per heavy atom. The lowest BCUT2D eigenvalue weighted by Crippen LogP contribution is -2.43. The van der Waals surface area contributed by atoms with Crippen LogP contribution in [-0.2, 0) is 0 Å². The van der Waals surface area contributed by atoms with Gasteiger partial charge in [-0.2, -0.15) is 5.84 Å². The van der Waals surface area contributed by atoms with Gasteiger partial charge in [0.15, 0.2) is 5.70 Å². The minimum atomic E-state index is -0.848. The molecule has 0 amide bonds. The molecule has 0 aliphatic carbocycles. The number of nitrogens with two attached hydrogens (primary N) is 1. The summed E-state index contributed by atoms with van der Waals surface area (Å²) in [5, 5.41) is 11.4. The second-order valence-electron chi connectivity index (χ2n) is 2.48. The Morgan fingerprint density at radius 1 is 1.64 bits per heavy atom.